The van der Waals surface area contributed by atoms with Gasteiger partial charge in [0.2, 0.25) is 11.8 Å². The first-order chi connectivity index (χ1) is 12.0. The van der Waals surface area contributed by atoms with Crippen molar-refractivity contribution in [3.8, 4) is 0 Å². The normalized spacial score (nSPS) is 14.6. The van der Waals surface area contributed by atoms with Crippen molar-refractivity contribution in [1.82, 2.24) is 14.8 Å². The maximum atomic E-state index is 12.9. The summed E-state index contributed by atoms with van der Waals surface area (Å²) in [5.74, 6) is 0.428. The summed E-state index contributed by atoms with van der Waals surface area (Å²) >= 11 is 1.33. The summed E-state index contributed by atoms with van der Waals surface area (Å²) in [7, 11) is 0. The number of nitrogens with one attached hydrogen (secondary N) is 1. The van der Waals surface area contributed by atoms with Crippen LogP contribution in [0.2, 0.25) is 0 Å². The highest BCUT2D eigenvalue weighted by Gasteiger charge is 2.30. The number of hydrogen-bond acceptors (Lipinski definition) is 5. The second kappa shape index (κ2) is 7.10. The SMILES string of the molecule is C=CCn1c(C)nnc1S[C@@H](C)C(=O)N1CC(=O)Nc2ccccc21. The summed E-state index contributed by atoms with van der Waals surface area (Å²) < 4.78 is 1.90. The fourth-order valence-corrected chi connectivity index (χ4v) is 3.61. The summed E-state index contributed by atoms with van der Waals surface area (Å²) in [6.45, 7) is 8.00. The van der Waals surface area contributed by atoms with E-state index in [0.717, 1.165) is 5.82 Å². The van der Waals surface area contributed by atoms with Gasteiger partial charge in [-0.15, -0.1) is 16.8 Å². The molecule has 1 aromatic heterocycles. The average Bonchev–Trinajstić information content (AvgIpc) is 2.94. The molecule has 1 atom stereocenters. The van der Waals surface area contributed by atoms with Gasteiger partial charge in [-0.2, -0.15) is 0 Å². The minimum Gasteiger partial charge on any atom is -0.323 e. The Morgan fingerprint density at radius 1 is 1.44 bits per heavy atom. The Hall–Kier alpha value is -2.61. The number of allylic oxidation sites excluding steroid dienone is 1. The molecule has 1 aliphatic heterocycles. The number of aryl methyl sites for hydroxylation is 1. The molecule has 2 amide bonds. The number of para-hydroxylation sites is 2. The minimum absolute atomic E-state index is 0.0130. The zero-order valence-corrected chi connectivity index (χ0v) is 14.9. The summed E-state index contributed by atoms with van der Waals surface area (Å²) in [6, 6.07) is 7.28. The van der Waals surface area contributed by atoms with Gasteiger partial charge < -0.3 is 9.88 Å². The number of fused-ring (bicyclic) bond motifs is 1. The highest BCUT2D eigenvalue weighted by Crippen LogP contribution is 2.32. The van der Waals surface area contributed by atoms with E-state index in [-0.39, 0.29) is 18.4 Å². The van der Waals surface area contributed by atoms with Crippen molar-refractivity contribution >= 4 is 35.0 Å². The van der Waals surface area contributed by atoms with E-state index in [1.54, 1.807) is 12.1 Å². The number of carbonyl (C=O) groups is 2. The topological polar surface area (TPSA) is 80.1 Å². The molecule has 7 nitrogen and oxygen atoms in total. The molecule has 0 saturated heterocycles. The van der Waals surface area contributed by atoms with Gasteiger partial charge in [0.05, 0.1) is 16.6 Å². The number of carbonyl (C=O) groups excluding carboxylic acids is 2. The van der Waals surface area contributed by atoms with Gasteiger partial charge >= 0.3 is 0 Å². The lowest BCUT2D eigenvalue weighted by atomic mass is 10.2. The van der Waals surface area contributed by atoms with E-state index in [1.165, 1.54) is 16.7 Å². The van der Waals surface area contributed by atoms with Gasteiger partial charge in [-0.3, -0.25) is 14.5 Å². The molecule has 0 radical (unpaired) electrons. The monoisotopic (exact) mass is 357 g/mol. The van der Waals surface area contributed by atoms with Gasteiger partial charge in [0, 0.05) is 6.54 Å². The fraction of sp³-hybridized carbons (Fsp3) is 0.294. The molecule has 2 aromatic rings. The van der Waals surface area contributed by atoms with Crippen LogP contribution in [0.15, 0.2) is 42.1 Å². The lowest BCUT2D eigenvalue weighted by molar-refractivity contribution is -0.121. The third kappa shape index (κ3) is 3.43. The molecule has 3 rings (SSSR count). The van der Waals surface area contributed by atoms with Crippen molar-refractivity contribution < 1.29 is 9.59 Å². The molecule has 1 N–H and O–H groups in total. The minimum atomic E-state index is -0.411. The number of benzene rings is 1. The molecular formula is C17H19N5O2S. The number of rotatable bonds is 5. The summed E-state index contributed by atoms with van der Waals surface area (Å²) in [5.41, 5.74) is 1.36. The number of hydrogen-bond donors (Lipinski definition) is 1. The molecule has 8 heteroatoms. The maximum absolute atomic E-state index is 12.9. The van der Waals surface area contributed by atoms with Crippen LogP contribution >= 0.6 is 11.8 Å². The number of amides is 2. The first kappa shape index (κ1) is 17.2. The zero-order valence-electron chi connectivity index (χ0n) is 14.1. The van der Waals surface area contributed by atoms with Crippen LogP contribution in [0, 0.1) is 6.92 Å². The van der Waals surface area contributed by atoms with Crippen molar-refractivity contribution in [2.75, 3.05) is 16.8 Å². The van der Waals surface area contributed by atoms with E-state index in [1.807, 2.05) is 36.6 Å². The van der Waals surface area contributed by atoms with Crippen LogP contribution < -0.4 is 10.2 Å². The van der Waals surface area contributed by atoms with Gasteiger partial charge in [0.1, 0.15) is 12.4 Å². The van der Waals surface area contributed by atoms with Crippen molar-refractivity contribution in [2.24, 2.45) is 0 Å². The Labute approximate surface area is 150 Å². The highest BCUT2D eigenvalue weighted by molar-refractivity contribution is 8.00. The van der Waals surface area contributed by atoms with E-state index >= 15 is 0 Å². The van der Waals surface area contributed by atoms with E-state index < -0.39 is 5.25 Å². The second-order valence-electron chi connectivity index (χ2n) is 5.68. The van der Waals surface area contributed by atoms with Crippen LogP contribution in [0.3, 0.4) is 0 Å². The lowest BCUT2D eigenvalue weighted by Crippen LogP contribution is -2.45. The standard InChI is InChI=1S/C17H19N5O2S/c1-4-9-21-12(3)19-20-17(21)25-11(2)16(24)22-10-15(23)18-13-7-5-6-8-14(13)22/h4-8,11H,1,9-10H2,2-3H3,(H,18,23)/t11-/m0/s1. The Morgan fingerprint density at radius 2 is 2.20 bits per heavy atom. The molecular weight excluding hydrogens is 338 g/mol. The van der Waals surface area contributed by atoms with Gasteiger partial charge in [-0.25, -0.2) is 0 Å². The predicted octanol–water partition coefficient (Wildman–Crippen LogP) is 2.24. The fourth-order valence-electron chi connectivity index (χ4n) is 2.65. The molecule has 25 heavy (non-hydrogen) atoms. The molecule has 0 spiro atoms. The number of thioether (sulfide) groups is 1. The van der Waals surface area contributed by atoms with Crippen molar-refractivity contribution in [1.29, 1.82) is 0 Å². The lowest BCUT2D eigenvalue weighted by Gasteiger charge is -2.30. The van der Waals surface area contributed by atoms with Gasteiger partial charge in [-0.05, 0) is 26.0 Å². The van der Waals surface area contributed by atoms with Crippen LogP contribution in [0.25, 0.3) is 0 Å². The Kier molecular flexibility index (Phi) is 4.89. The van der Waals surface area contributed by atoms with Crippen LogP contribution in [-0.4, -0.2) is 38.4 Å². The van der Waals surface area contributed by atoms with Crippen LogP contribution in [-0.2, 0) is 16.1 Å². The molecule has 0 aliphatic carbocycles. The van der Waals surface area contributed by atoms with E-state index in [0.29, 0.717) is 23.1 Å². The van der Waals surface area contributed by atoms with Gasteiger partial charge in [0.15, 0.2) is 5.16 Å². The molecule has 1 aliphatic rings. The molecule has 2 heterocycles. The molecule has 0 fully saturated rings. The number of nitrogens with zero attached hydrogens (tertiary/aromatic N) is 4. The summed E-state index contributed by atoms with van der Waals surface area (Å²) in [6.07, 6.45) is 1.76. The van der Waals surface area contributed by atoms with Crippen LogP contribution in [0.1, 0.15) is 12.7 Å². The Balaban J connectivity index is 1.82. The smallest absolute Gasteiger partial charge is 0.244 e. The van der Waals surface area contributed by atoms with Crippen molar-refractivity contribution in [2.45, 2.75) is 30.8 Å². The summed E-state index contributed by atoms with van der Waals surface area (Å²) in [5, 5.41) is 11.2. The van der Waals surface area contributed by atoms with Crippen LogP contribution in [0.4, 0.5) is 11.4 Å². The molecule has 0 saturated carbocycles. The molecule has 0 bridgehead atoms. The van der Waals surface area contributed by atoms with Gasteiger partial charge in [-0.1, -0.05) is 30.0 Å². The second-order valence-corrected chi connectivity index (χ2v) is 6.99. The highest BCUT2D eigenvalue weighted by atomic mass is 32.2. The number of anilines is 2. The van der Waals surface area contributed by atoms with E-state index in [2.05, 4.69) is 22.1 Å². The molecule has 0 unspecified atom stereocenters. The van der Waals surface area contributed by atoms with E-state index in [9.17, 15) is 9.59 Å². The molecule has 1 aromatic carbocycles. The largest absolute Gasteiger partial charge is 0.323 e. The van der Waals surface area contributed by atoms with Crippen molar-refractivity contribution in [3.05, 3.63) is 42.7 Å². The predicted molar refractivity (Wildman–Crippen MR) is 97.7 cm³/mol. The van der Waals surface area contributed by atoms with Crippen LogP contribution in [0.5, 0.6) is 0 Å². The molecule has 130 valence electrons. The first-order valence-electron chi connectivity index (χ1n) is 7.89. The van der Waals surface area contributed by atoms with Crippen molar-refractivity contribution in [3.63, 3.8) is 0 Å². The maximum Gasteiger partial charge on any atom is 0.244 e. The Bertz CT molecular complexity index is 832. The third-order valence-corrected chi connectivity index (χ3v) is 4.95. The third-order valence-electron chi connectivity index (χ3n) is 3.88. The summed E-state index contributed by atoms with van der Waals surface area (Å²) in [4.78, 5) is 26.4. The Morgan fingerprint density at radius 3 is 2.96 bits per heavy atom. The van der Waals surface area contributed by atoms with Gasteiger partial charge in [0.25, 0.3) is 0 Å². The average molecular weight is 357 g/mol. The first-order valence-corrected chi connectivity index (χ1v) is 8.77. The quantitative estimate of drug-likeness (QED) is 0.656. The number of aromatic nitrogens is 3. The van der Waals surface area contributed by atoms with E-state index in [4.69, 9.17) is 0 Å². The zero-order chi connectivity index (χ0) is 18.0.